The van der Waals surface area contributed by atoms with Crippen LogP contribution in [0.15, 0.2) is 40.9 Å². The first kappa shape index (κ1) is 15.7. The second-order valence-corrected chi connectivity index (χ2v) is 7.13. The van der Waals surface area contributed by atoms with Crippen LogP contribution in [0.2, 0.25) is 0 Å². The van der Waals surface area contributed by atoms with Gasteiger partial charge in [-0.25, -0.2) is 4.68 Å². The topological polar surface area (TPSA) is 60.9 Å². The van der Waals surface area contributed by atoms with E-state index in [1.54, 1.807) is 0 Å². The summed E-state index contributed by atoms with van der Waals surface area (Å²) < 4.78 is 19.2. The second-order valence-electron chi connectivity index (χ2n) is 5.67. The number of aryl methyl sites for hydroxylation is 3. The highest BCUT2D eigenvalue weighted by molar-refractivity contribution is 7.83. The van der Waals surface area contributed by atoms with Crippen molar-refractivity contribution in [3.63, 3.8) is 0 Å². The van der Waals surface area contributed by atoms with Gasteiger partial charge in [-0.2, -0.15) is 5.10 Å². The first-order valence-electron chi connectivity index (χ1n) is 7.41. The van der Waals surface area contributed by atoms with Crippen molar-refractivity contribution in [3.05, 3.63) is 64.8 Å². The van der Waals surface area contributed by atoms with Crippen LogP contribution < -0.4 is 0 Å². The molecule has 0 saturated heterocycles. The summed E-state index contributed by atoms with van der Waals surface area (Å²) in [6.07, 6.45) is 0. The Kier molecular flexibility index (Phi) is 4.43. The van der Waals surface area contributed by atoms with Crippen LogP contribution in [0.4, 0.5) is 0 Å². The largest absolute Gasteiger partial charge is 0.360 e. The maximum absolute atomic E-state index is 12.2. The molecule has 0 aliphatic rings. The third kappa shape index (κ3) is 3.76. The first-order chi connectivity index (χ1) is 11.0. The van der Waals surface area contributed by atoms with Crippen LogP contribution in [0.25, 0.3) is 5.69 Å². The van der Waals surface area contributed by atoms with Gasteiger partial charge < -0.3 is 4.52 Å². The summed E-state index contributed by atoms with van der Waals surface area (Å²) in [4.78, 5) is 0. The van der Waals surface area contributed by atoms with E-state index in [2.05, 4.69) is 10.3 Å². The van der Waals surface area contributed by atoms with Crippen molar-refractivity contribution in [1.29, 1.82) is 0 Å². The van der Waals surface area contributed by atoms with Crippen LogP contribution in [-0.4, -0.2) is 19.1 Å². The van der Waals surface area contributed by atoms with Crippen molar-refractivity contribution in [2.24, 2.45) is 0 Å². The summed E-state index contributed by atoms with van der Waals surface area (Å²) in [5.74, 6) is 1.55. The smallest absolute Gasteiger partial charge is 0.149 e. The van der Waals surface area contributed by atoms with Gasteiger partial charge in [0.2, 0.25) is 0 Å². The standard InChI is InChI=1S/C17H19N3O2S/c1-12-8-14(3)20(18-12)16-6-4-15(5-7-16)10-23(21)11-17-9-13(2)19-22-17/h4-9H,10-11H2,1-3H3/t23-/m1/s1. The minimum Gasteiger partial charge on any atom is -0.360 e. The number of hydrogen-bond acceptors (Lipinski definition) is 4. The molecule has 120 valence electrons. The summed E-state index contributed by atoms with van der Waals surface area (Å²) in [5, 5.41) is 8.28. The lowest BCUT2D eigenvalue weighted by atomic mass is 10.2. The molecular weight excluding hydrogens is 310 g/mol. The molecule has 0 N–H and O–H groups in total. The van der Waals surface area contributed by atoms with Crippen molar-refractivity contribution < 1.29 is 8.73 Å². The maximum Gasteiger partial charge on any atom is 0.149 e. The highest BCUT2D eigenvalue weighted by Gasteiger charge is 2.09. The zero-order valence-corrected chi connectivity index (χ0v) is 14.3. The molecule has 1 atom stereocenters. The van der Waals surface area contributed by atoms with E-state index in [4.69, 9.17) is 4.52 Å². The molecule has 23 heavy (non-hydrogen) atoms. The van der Waals surface area contributed by atoms with Crippen LogP contribution >= 0.6 is 0 Å². The number of nitrogens with zero attached hydrogens (tertiary/aromatic N) is 3. The molecule has 1 aromatic carbocycles. The quantitative estimate of drug-likeness (QED) is 0.721. The molecule has 3 aromatic rings. The molecular formula is C17H19N3O2S. The Morgan fingerprint density at radius 2 is 1.78 bits per heavy atom. The molecule has 0 aliphatic carbocycles. The molecule has 0 bridgehead atoms. The Morgan fingerprint density at radius 1 is 1.04 bits per heavy atom. The Bertz CT molecular complexity index is 834. The van der Waals surface area contributed by atoms with E-state index in [9.17, 15) is 4.21 Å². The van der Waals surface area contributed by atoms with Gasteiger partial charge in [0.1, 0.15) is 5.76 Å². The summed E-state index contributed by atoms with van der Waals surface area (Å²) in [5.41, 5.74) is 4.95. The molecule has 0 radical (unpaired) electrons. The van der Waals surface area contributed by atoms with Crippen molar-refractivity contribution >= 4 is 10.8 Å². The van der Waals surface area contributed by atoms with Gasteiger partial charge in [0.25, 0.3) is 0 Å². The Hall–Kier alpha value is -2.21. The Labute approximate surface area is 137 Å². The van der Waals surface area contributed by atoms with Crippen molar-refractivity contribution in [2.45, 2.75) is 32.3 Å². The number of aromatic nitrogens is 3. The molecule has 3 rings (SSSR count). The summed E-state index contributed by atoms with van der Waals surface area (Å²) >= 11 is 0. The SMILES string of the molecule is Cc1cc(C[S@](=O)Cc2ccc(-n3nc(C)cc3C)cc2)on1. The van der Waals surface area contributed by atoms with Crippen LogP contribution in [0, 0.1) is 20.8 Å². The zero-order valence-electron chi connectivity index (χ0n) is 13.4. The average molecular weight is 329 g/mol. The van der Waals surface area contributed by atoms with Gasteiger partial charge in [-0.3, -0.25) is 4.21 Å². The van der Waals surface area contributed by atoms with Gasteiger partial charge in [0.05, 0.1) is 22.8 Å². The van der Waals surface area contributed by atoms with Gasteiger partial charge in [-0.1, -0.05) is 17.3 Å². The van der Waals surface area contributed by atoms with E-state index in [-0.39, 0.29) is 0 Å². The lowest BCUT2D eigenvalue weighted by molar-refractivity contribution is 0.390. The Morgan fingerprint density at radius 3 is 2.35 bits per heavy atom. The van der Waals surface area contributed by atoms with Crippen molar-refractivity contribution in [2.75, 3.05) is 0 Å². The van der Waals surface area contributed by atoms with E-state index in [0.717, 1.165) is 28.3 Å². The van der Waals surface area contributed by atoms with Crippen LogP contribution in [0.3, 0.4) is 0 Å². The maximum atomic E-state index is 12.2. The van der Waals surface area contributed by atoms with Crippen LogP contribution in [0.5, 0.6) is 0 Å². The van der Waals surface area contributed by atoms with Crippen LogP contribution in [-0.2, 0) is 22.3 Å². The van der Waals surface area contributed by atoms with Crippen LogP contribution in [0.1, 0.15) is 28.4 Å². The first-order valence-corrected chi connectivity index (χ1v) is 8.90. The molecule has 0 unspecified atom stereocenters. The van der Waals surface area contributed by atoms with Gasteiger partial charge in [0, 0.05) is 28.3 Å². The molecule has 0 fully saturated rings. The van der Waals surface area contributed by atoms with E-state index < -0.39 is 10.8 Å². The zero-order chi connectivity index (χ0) is 16.4. The summed E-state index contributed by atoms with van der Waals surface area (Å²) in [7, 11) is -1.02. The summed E-state index contributed by atoms with van der Waals surface area (Å²) in [6.45, 7) is 5.86. The van der Waals surface area contributed by atoms with Gasteiger partial charge in [-0.15, -0.1) is 0 Å². The fourth-order valence-corrected chi connectivity index (χ4v) is 3.62. The predicted octanol–water partition coefficient (Wildman–Crippen LogP) is 3.23. The third-order valence-electron chi connectivity index (χ3n) is 3.50. The van der Waals surface area contributed by atoms with Gasteiger partial charge in [-0.05, 0) is 44.5 Å². The third-order valence-corrected chi connectivity index (χ3v) is 4.76. The molecule has 5 nitrogen and oxygen atoms in total. The molecule has 0 spiro atoms. The molecule has 2 heterocycles. The van der Waals surface area contributed by atoms with E-state index in [0.29, 0.717) is 17.3 Å². The minimum absolute atomic E-state index is 0.389. The minimum atomic E-state index is -1.02. The van der Waals surface area contributed by atoms with E-state index in [1.807, 2.05) is 61.9 Å². The monoisotopic (exact) mass is 329 g/mol. The molecule has 2 aromatic heterocycles. The molecule has 0 aliphatic heterocycles. The van der Waals surface area contributed by atoms with E-state index in [1.165, 1.54) is 0 Å². The highest BCUT2D eigenvalue weighted by atomic mass is 32.2. The second kappa shape index (κ2) is 6.50. The number of hydrogen-bond donors (Lipinski definition) is 0. The summed E-state index contributed by atoms with van der Waals surface area (Å²) in [6, 6.07) is 11.9. The highest BCUT2D eigenvalue weighted by Crippen LogP contribution is 2.15. The van der Waals surface area contributed by atoms with Crippen molar-refractivity contribution in [1.82, 2.24) is 14.9 Å². The van der Waals surface area contributed by atoms with Crippen molar-refractivity contribution in [3.8, 4) is 5.69 Å². The molecule has 0 saturated carbocycles. The Balaban J connectivity index is 1.67. The lowest BCUT2D eigenvalue weighted by Crippen LogP contribution is -2.01. The fraction of sp³-hybridized carbons (Fsp3) is 0.294. The lowest BCUT2D eigenvalue weighted by Gasteiger charge is -2.06. The van der Waals surface area contributed by atoms with Gasteiger partial charge in [0.15, 0.2) is 0 Å². The predicted molar refractivity (Wildman–Crippen MR) is 89.8 cm³/mol. The molecule has 6 heteroatoms. The average Bonchev–Trinajstić information content (AvgIpc) is 3.05. The van der Waals surface area contributed by atoms with Gasteiger partial charge >= 0.3 is 0 Å². The normalized spacial score (nSPS) is 12.5. The number of rotatable bonds is 5. The van der Waals surface area contributed by atoms with E-state index >= 15 is 0 Å². The fourth-order valence-electron chi connectivity index (χ4n) is 2.50. The number of benzene rings is 1. The molecule has 0 amide bonds.